The standard InChI is InChI=1S/C21H38N2O14/c1-10(25)22-14-17(29)16(28)13(8-24)36-20(14)33-6-7-34-35-9-12(27)19-18(30)15(23-11(2)26)21(37-19)32-5-4-31-3/h12-21,24,27-30H,4-9H2,1-3H3,(H,22,25)(H,23,26)/t12-,13-,14-,15-,16+,17-,18-,19+,20+,21-/m1/s1. The Bertz CT molecular complexity index is 702. The molecule has 16 nitrogen and oxygen atoms in total. The van der Waals surface area contributed by atoms with Crippen LogP contribution in [0.2, 0.25) is 0 Å². The van der Waals surface area contributed by atoms with Gasteiger partial charge in [-0.1, -0.05) is 0 Å². The minimum absolute atomic E-state index is 0.134. The van der Waals surface area contributed by atoms with Crippen LogP contribution < -0.4 is 10.6 Å². The highest BCUT2D eigenvalue weighted by Crippen LogP contribution is 2.25. The van der Waals surface area contributed by atoms with Gasteiger partial charge in [-0.3, -0.25) is 9.59 Å². The van der Waals surface area contributed by atoms with Crippen molar-refractivity contribution in [2.24, 2.45) is 0 Å². The van der Waals surface area contributed by atoms with Crippen molar-refractivity contribution in [1.82, 2.24) is 10.6 Å². The highest BCUT2D eigenvalue weighted by Gasteiger charge is 2.48. The van der Waals surface area contributed by atoms with E-state index >= 15 is 0 Å². The molecule has 2 aliphatic heterocycles. The Morgan fingerprint density at radius 1 is 0.838 bits per heavy atom. The van der Waals surface area contributed by atoms with Crippen LogP contribution in [0.25, 0.3) is 0 Å². The smallest absolute Gasteiger partial charge is 0.217 e. The molecule has 0 unspecified atom stereocenters. The largest absolute Gasteiger partial charge is 0.394 e. The van der Waals surface area contributed by atoms with Gasteiger partial charge in [-0.25, -0.2) is 9.78 Å². The minimum atomic E-state index is -1.45. The molecule has 2 amide bonds. The highest BCUT2D eigenvalue weighted by molar-refractivity contribution is 5.73. The van der Waals surface area contributed by atoms with E-state index in [0.717, 1.165) is 0 Å². The molecule has 2 saturated heterocycles. The van der Waals surface area contributed by atoms with Crippen LogP contribution in [0.4, 0.5) is 0 Å². The molecule has 0 aliphatic carbocycles. The van der Waals surface area contributed by atoms with Gasteiger partial charge in [0.2, 0.25) is 11.8 Å². The number of aliphatic hydroxyl groups excluding tert-OH is 5. The number of nitrogens with one attached hydrogen (secondary N) is 2. The lowest BCUT2D eigenvalue weighted by Gasteiger charge is -2.42. The Morgan fingerprint density at radius 3 is 1.97 bits per heavy atom. The van der Waals surface area contributed by atoms with Crippen LogP contribution in [-0.2, 0) is 43.0 Å². The number of ether oxygens (including phenoxy) is 5. The van der Waals surface area contributed by atoms with Crippen LogP contribution >= 0.6 is 0 Å². The molecule has 0 spiro atoms. The average molecular weight is 543 g/mol. The third kappa shape index (κ3) is 9.31. The summed E-state index contributed by atoms with van der Waals surface area (Å²) in [7, 11) is 1.48. The number of carbonyl (C=O) groups excluding carboxylic acids is 2. The number of hydrogen-bond donors (Lipinski definition) is 7. The van der Waals surface area contributed by atoms with Crippen molar-refractivity contribution >= 4 is 11.8 Å². The van der Waals surface area contributed by atoms with E-state index in [1.807, 2.05) is 0 Å². The summed E-state index contributed by atoms with van der Waals surface area (Å²) in [6.07, 6.45) is -10.0. The van der Waals surface area contributed by atoms with Gasteiger partial charge in [-0.15, -0.1) is 0 Å². The Hall–Kier alpha value is -1.54. The second kappa shape index (κ2) is 15.8. The number of methoxy groups -OCH3 is 1. The van der Waals surface area contributed by atoms with E-state index in [9.17, 15) is 35.1 Å². The van der Waals surface area contributed by atoms with E-state index in [-0.39, 0.29) is 26.4 Å². The van der Waals surface area contributed by atoms with Gasteiger partial charge >= 0.3 is 0 Å². The lowest BCUT2D eigenvalue weighted by Crippen LogP contribution is -2.64. The van der Waals surface area contributed by atoms with E-state index in [1.165, 1.54) is 21.0 Å². The summed E-state index contributed by atoms with van der Waals surface area (Å²) in [6.45, 7) is 1.55. The van der Waals surface area contributed by atoms with Gasteiger partial charge in [0.25, 0.3) is 0 Å². The molecule has 0 bridgehead atoms. The first kappa shape index (κ1) is 31.7. The molecule has 0 aromatic carbocycles. The zero-order valence-electron chi connectivity index (χ0n) is 20.9. The Labute approximate surface area is 213 Å². The lowest BCUT2D eigenvalue weighted by atomic mass is 9.97. The van der Waals surface area contributed by atoms with E-state index in [2.05, 4.69) is 10.6 Å². The Kier molecular flexibility index (Phi) is 13.5. The SMILES string of the molecule is COCCO[C@@H]1O[C@@H]([C@H](O)COOCCO[C@H]2O[C@H](CO)[C@H](O)[C@H](O)[C@H]2NC(C)=O)[C@H](O)[C@H]1NC(C)=O. The summed E-state index contributed by atoms with van der Waals surface area (Å²) in [4.78, 5) is 32.8. The van der Waals surface area contributed by atoms with Crippen LogP contribution in [0.5, 0.6) is 0 Å². The maximum Gasteiger partial charge on any atom is 0.217 e. The molecular formula is C21H38N2O14. The predicted octanol–water partition coefficient (Wildman–Crippen LogP) is -4.49. The van der Waals surface area contributed by atoms with Gasteiger partial charge in [-0.05, 0) is 0 Å². The topological polar surface area (TPSA) is 224 Å². The van der Waals surface area contributed by atoms with E-state index < -0.39 is 86.3 Å². The number of amides is 2. The van der Waals surface area contributed by atoms with Gasteiger partial charge in [0, 0.05) is 21.0 Å². The Balaban J connectivity index is 1.78. The molecule has 0 aromatic heterocycles. The van der Waals surface area contributed by atoms with E-state index in [1.54, 1.807) is 0 Å². The summed E-state index contributed by atoms with van der Waals surface area (Å²) >= 11 is 0. The molecule has 2 heterocycles. The quantitative estimate of drug-likeness (QED) is 0.0589. The lowest BCUT2D eigenvalue weighted by molar-refractivity contribution is -0.326. The normalized spacial score (nSPS) is 34.8. The van der Waals surface area contributed by atoms with Crippen molar-refractivity contribution in [1.29, 1.82) is 0 Å². The van der Waals surface area contributed by atoms with Crippen LogP contribution in [0.15, 0.2) is 0 Å². The molecule has 2 aliphatic rings. The zero-order chi connectivity index (χ0) is 27.5. The fraction of sp³-hybridized carbons (Fsp3) is 0.905. The molecule has 216 valence electrons. The third-order valence-corrected chi connectivity index (χ3v) is 5.63. The molecule has 0 aromatic rings. The number of rotatable bonds is 15. The van der Waals surface area contributed by atoms with Crippen molar-refractivity contribution < 1.29 is 68.6 Å². The molecular weight excluding hydrogens is 504 g/mol. The number of carbonyl (C=O) groups is 2. The summed E-state index contributed by atoms with van der Waals surface area (Å²) in [5, 5.41) is 55.4. The van der Waals surface area contributed by atoms with Gasteiger partial charge in [0.1, 0.15) is 61.9 Å². The summed E-state index contributed by atoms with van der Waals surface area (Å²) in [5.74, 6) is -0.911. The third-order valence-electron chi connectivity index (χ3n) is 5.63. The molecule has 16 heteroatoms. The first-order valence-electron chi connectivity index (χ1n) is 11.8. The van der Waals surface area contributed by atoms with Crippen LogP contribution in [0, 0.1) is 0 Å². The fourth-order valence-corrected chi connectivity index (χ4v) is 3.87. The first-order valence-corrected chi connectivity index (χ1v) is 11.8. The van der Waals surface area contributed by atoms with Crippen LogP contribution in [0.1, 0.15) is 13.8 Å². The second-order valence-electron chi connectivity index (χ2n) is 8.53. The van der Waals surface area contributed by atoms with Crippen molar-refractivity contribution in [2.75, 3.05) is 46.8 Å². The van der Waals surface area contributed by atoms with Crippen molar-refractivity contribution in [2.45, 2.75) is 75.1 Å². The van der Waals surface area contributed by atoms with E-state index in [4.69, 9.17) is 33.5 Å². The summed E-state index contributed by atoms with van der Waals surface area (Å²) in [5.41, 5.74) is 0. The van der Waals surface area contributed by atoms with Crippen molar-refractivity contribution in [3.05, 3.63) is 0 Å². The molecule has 7 N–H and O–H groups in total. The molecule has 2 rings (SSSR count). The average Bonchev–Trinajstić information content (AvgIpc) is 3.14. The predicted molar refractivity (Wildman–Crippen MR) is 119 cm³/mol. The molecule has 37 heavy (non-hydrogen) atoms. The fourth-order valence-electron chi connectivity index (χ4n) is 3.87. The minimum Gasteiger partial charge on any atom is -0.394 e. The van der Waals surface area contributed by atoms with Gasteiger partial charge in [0.15, 0.2) is 12.6 Å². The van der Waals surface area contributed by atoms with Gasteiger partial charge in [-0.2, -0.15) is 0 Å². The van der Waals surface area contributed by atoms with E-state index in [0.29, 0.717) is 0 Å². The van der Waals surface area contributed by atoms with Crippen LogP contribution in [0.3, 0.4) is 0 Å². The highest BCUT2D eigenvalue weighted by atomic mass is 17.2. The van der Waals surface area contributed by atoms with Gasteiger partial charge in [0.05, 0.1) is 26.4 Å². The Morgan fingerprint density at radius 2 is 1.41 bits per heavy atom. The molecule has 10 atom stereocenters. The first-order chi connectivity index (χ1) is 17.6. The van der Waals surface area contributed by atoms with Crippen molar-refractivity contribution in [3.63, 3.8) is 0 Å². The maximum absolute atomic E-state index is 11.5. The maximum atomic E-state index is 11.5. The van der Waals surface area contributed by atoms with Crippen molar-refractivity contribution in [3.8, 4) is 0 Å². The summed E-state index contributed by atoms with van der Waals surface area (Å²) in [6, 6.07) is -2.03. The molecule has 2 fully saturated rings. The molecule has 0 saturated carbocycles. The van der Waals surface area contributed by atoms with Gasteiger partial charge < -0.3 is 59.9 Å². The number of hydrogen-bond acceptors (Lipinski definition) is 14. The summed E-state index contributed by atoms with van der Waals surface area (Å²) < 4.78 is 26.8. The second-order valence-corrected chi connectivity index (χ2v) is 8.53. The monoisotopic (exact) mass is 542 g/mol. The molecule has 0 radical (unpaired) electrons. The van der Waals surface area contributed by atoms with Crippen LogP contribution in [-0.4, -0.2) is 145 Å². The zero-order valence-corrected chi connectivity index (χ0v) is 20.9. The number of aliphatic hydroxyl groups is 5.